The maximum atomic E-state index is 13.2. The van der Waals surface area contributed by atoms with E-state index in [9.17, 15) is 14.4 Å². The third-order valence-electron chi connectivity index (χ3n) is 5.23. The second-order valence-electron chi connectivity index (χ2n) is 8.07. The van der Waals surface area contributed by atoms with Gasteiger partial charge in [-0.15, -0.1) is 0 Å². The molecule has 0 saturated carbocycles. The molecule has 3 heterocycles. The summed E-state index contributed by atoms with van der Waals surface area (Å²) in [5.41, 5.74) is 2.04. The van der Waals surface area contributed by atoms with E-state index in [1.165, 1.54) is 11.5 Å². The highest BCUT2D eigenvalue weighted by molar-refractivity contribution is 5.92. The molecule has 0 aliphatic rings. The van der Waals surface area contributed by atoms with Crippen molar-refractivity contribution in [3.05, 3.63) is 75.6 Å². The Bertz CT molecular complexity index is 1400. The second-order valence-corrected chi connectivity index (χ2v) is 8.07. The van der Waals surface area contributed by atoms with Gasteiger partial charge >= 0.3 is 0 Å². The van der Waals surface area contributed by atoms with E-state index in [1.54, 1.807) is 53.4 Å². The third kappa shape index (κ3) is 4.12. The number of pyridine rings is 3. The van der Waals surface area contributed by atoms with Gasteiger partial charge in [0.15, 0.2) is 0 Å². The number of nitrogens with one attached hydrogen (secondary N) is 1. The van der Waals surface area contributed by atoms with Crippen LogP contribution in [-0.4, -0.2) is 20.0 Å². The number of carbonyl (C=O) groups excluding carboxylic acids is 1. The SMILES string of the molecule is CC(=O)Nc1ccc(-n2ccc3nc4ccn(CCC(C)C)c(=O)c4cc3c2=O)cc1. The van der Waals surface area contributed by atoms with Gasteiger partial charge in [-0.1, -0.05) is 13.8 Å². The summed E-state index contributed by atoms with van der Waals surface area (Å²) < 4.78 is 3.19. The Balaban J connectivity index is 1.81. The van der Waals surface area contributed by atoms with Gasteiger partial charge in [-0.05, 0) is 54.8 Å². The fourth-order valence-electron chi connectivity index (χ4n) is 3.55. The van der Waals surface area contributed by atoms with Gasteiger partial charge in [0.25, 0.3) is 11.1 Å². The van der Waals surface area contributed by atoms with Gasteiger partial charge < -0.3 is 9.88 Å². The zero-order chi connectivity index (χ0) is 22.1. The van der Waals surface area contributed by atoms with Crippen LogP contribution in [0.5, 0.6) is 0 Å². The molecule has 7 nitrogen and oxygen atoms in total. The van der Waals surface area contributed by atoms with Crippen LogP contribution in [0.1, 0.15) is 27.2 Å². The van der Waals surface area contributed by atoms with Crippen LogP contribution >= 0.6 is 0 Å². The van der Waals surface area contributed by atoms with Crippen LogP contribution in [0.3, 0.4) is 0 Å². The summed E-state index contributed by atoms with van der Waals surface area (Å²) in [6.45, 7) is 6.30. The summed E-state index contributed by atoms with van der Waals surface area (Å²) in [6.07, 6.45) is 4.33. The lowest BCUT2D eigenvalue weighted by molar-refractivity contribution is -0.114. The molecule has 3 aromatic heterocycles. The molecule has 1 N–H and O–H groups in total. The zero-order valence-electron chi connectivity index (χ0n) is 17.8. The van der Waals surface area contributed by atoms with Crippen molar-refractivity contribution >= 4 is 33.4 Å². The zero-order valence-corrected chi connectivity index (χ0v) is 17.8. The van der Waals surface area contributed by atoms with E-state index >= 15 is 0 Å². The monoisotopic (exact) mass is 416 g/mol. The average Bonchev–Trinajstić information content (AvgIpc) is 2.73. The summed E-state index contributed by atoms with van der Waals surface area (Å²) in [6, 6.07) is 12.2. The lowest BCUT2D eigenvalue weighted by atomic mass is 10.1. The number of rotatable bonds is 5. The first-order chi connectivity index (χ1) is 14.8. The van der Waals surface area contributed by atoms with Crippen molar-refractivity contribution in [3.8, 4) is 5.69 Å². The summed E-state index contributed by atoms with van der Waals surface area (Å²) in [5.74, 6) is 0.328. The lowest BCUT2D eigenvalue weighted by Gasteiger charge is -2.11. The summed E-state index contributed by atoms with van der Waals surface area (Å²) in [4.78, 5) is 41.9. The first-order valence-electron chi connectivity index (χ1n) is 10.3. The molecule has 158 valence electrons. The van der Waals surface area contributed by atoms with Crippen LogP contribution in [0, 0.1) is 5.92 Å². The fraction of sp³-hybridized carbons (Fsp3) is 0.250. The molecule has 4 rings (SSSR count). The highest BCUT2D eigenvalue weighted by Crippen LogP contribution is 2.17. The van der Waals surface area contributed by atoms with Crippen LogP contribution in [0.15, 0.2) is 64.4 Å². The number of aromatic nitrogens is 3. The molecule has 0 atom stereocenters. The lowest BCUT2D eigenvalue weighted by Crippen LogP contribution is -2.22. The van der Waals surface area contributed by atoms with Gasteiger partial charge in [-0.25, -0.2) is 4.98 Å². The number of fused-ring (bicyclic) bond motifs is 2. The van der Waals surface area contributed by atoms with Gasteiger partial charge in [0, 0.05) is 37.2 Å². The number of hydrogen-bond acceptors (Lipinski definition) is 4. The Morgan fingerprint density at radius 2 is 1.61 bits per heavy atom. The molecule has 0 radical (unpaired) electrons. The molecule has 0 aliphatic carbocycles. The Morgan fingerprint density at radius 1 is 0.968 bits per heavy atom. The van der Waals surface area contributed by atoms with Crippen molar-refractivity contribution in [2.45, 2.75) is 33.7 Å². The second kappa shape index (κ2) is 8.18. The molecule has 1 aromatic carbocycles. The minimum Gasteiger partial charge on any atom is -0.326 e. The molecular weight excluding hydrogens is 392 g/mol. The fourth-order valence-corrected chi connectivity index (χ4v) is 3.55. The largest absolute Gasteiger partial charge is 0.326 e. The number of carbonyl (C=O) groups is 1. The Morgan fingerprint density at radius 3 is 2.26 bits per heavy atom. The number of aryl methyl sites for hydroxylation is 1. The molecule has 0 spiro atoms. The van der Waals surface area contributed by atoms with Crippen LogP contribution in [0.2, 0.25) is 0 Å². The van der Waals surface area contributed by atoms with E-state index in [0.29, 0.717) is 45.6 Å². The van der Waals surface area contributed by atoms with Gasteiger partial charge in [0.05, 0.1) is 21.8 Å². The molecule has 7 heteroatoms. The summed E-state index contributed by atoms with van der Waals surface area (Å²) in [5, 5.41) is 3.53. The molecule has 0 aliphatic heterocycles. The number of hydrogen-bond donors (Lipinski definition) is 1. The van der Waals surface area contributed by atoms with Gasteiger partial charge in [-0.3, -0.25) is 19.0 Å². The van der Waals surface area contributed by atoms with Crippen molar-refractivity contribution in [1.82, 2.24) is 14.1 Å². The highest BCUT2D eigenvalue weighted by Gasteiger charge is 2.11. The third-order valence-corrected chi connectivity index (χ3v) is 5.23. The maximum Gasteiger partial charge on any atom is 0.264 e. The number of anilines is 1. The van der Waals surface area contributed by atoms with E-state index in [4.69, 9.17) is 0 Å². The number of nitrogens with zero attached hydrogens (tertiary/aromatic N) is 3. The molecule has 31 heavy (non-hydrogen) atoms. The topological polar surface area (TPSA) is 86.0 Å². The van der Waals surface area contributed by atoms with Crippen LogP contribution in [-0.2, 0) is 11.3 Å². The first-order valence-corrected chi connectivity index (χ1v) is 10.3. The molecule has 0 fully saturated rings. The highest BCUT2D eigenvalue weighted by atomic mass is 16.1. The molecule has 0 bridgehead atoms. The van der Waals surface area contributed by atoms with E-state index in [2.05, 4.69) is 24.1 Å². The molecule has 1 amide bonds. The number of amides is 1. The minimum atomic E-state index is -0.254. The normalized spacial score (nSPS) is 11.4. The van der Waals surface area contributed by atoms with Crippen LogP contribution in [0.4, 0.5) is 5.69 Å². The predicted molar refractivity (Wildman–Crippen MR) is 123 cm³/mol. The molecule has 0 saturated heterocycles. The maximum absolute atomic E-state index is 13.2. The van der Waals surface area contributed by atoms with E-state index < -0.39 is 0 Å². The molecular formula is C24H24N4O3. The van der Waals surface area contributed by atoms with Crippen molar-refractivity contribution in [2.24, 2.45) is 5.92 Å². The molecule has 4 aromatic rings. The Hall–Kier alpha value is -3.74. The molecule has 0 unspecified atom stereocenters. The quantitative estimate of drug-likeness (QED) is 0.503. The van der Waals surface area contributed by atoms with Crippen molar-refractivity contribution < 1.29 is 4.79 Å². The van der Waals surface area contributed by atoms with Gasteiger partial charge in [0.2, 0.25) is 5.91 Å². The standard InChI is InChI=1S/C24H24N4O3/c1-15(2)8-11-27-12-9-21-19(23(27)30)14-20-22(26-21)10-13-28(24(20)31)18-6-4-17(5-7-18)25-16(3)29/h4-7,9-10,12-15H,8,11H2,1-3H3,(H,25,29). The Kier molecular flexibility index (Phi) is 5.42. The van der Waals surface area contributed by atoms with E-state index in [0.717, 1.165) is 6.42 Å². The smallest absolute Gasteiger partial charge is 0.264 e. The summed E-state index contributed by atoms with van der Waals surface area (Å²) >= 11 is 0. The van der Waals surface area contributed by atoms with E-state index in [-0.39, 0.29) is 17.0 Å². The van der Waals surface area contributed by atoms with Gasteiger partial charge in [-0.2, -0.15) is 0 Å². The van der Waals surface area contributed by atoms with Gasteiger partial charge in [0.1, 0.15) is 0 Å². The number of benzene rings is 1. The summed E-state index contributed by atoms with van der Waals surface area (Å²) in [7, 11) is 0. The van der Waals surface area contributed by atoms with Crippen molar-refractivity contribution in [2.75, 3.05) is 5.32 Å². The van der Waals surface area contributed by atoms with Crippen molar-refractivity contribution in [1.29, 1.82) is 0 Å². The average molecular weight is 416 g/mol. The van der Waals surface area contributed by atoms with Crippen LogP contribution < -0.4 is 16.4 Å². The van der Waals surface area contributed by atoms with E-state index in [1.807, 2.05) is 6.07 Å². The minimum absolute atomic E-state index is 0.137. The first kappa shape index (κ1) is 20.5. The Labute approximate surface area is 179 Å². The van der Waals surface area contributed by atoms with Crippen molar-refractivity contribution in [3.63, 3.8) is 0 Å². The van der Waals surface area contributed by atoms with Crippen LogP contribution in [0.25, 0.3) is 27.5 Å². The predicted octanol–water partition coefficient (Wildman–Crippen LogP) is 3.71.